The highest BCUT2D eigenvalue weighted by atomic mass is 16.5. The standard InChI is InChI=1S/C6H9NO3/c1-4-5(3-8)6(9-2)7-10-4/h8H,3H2,1-2H3. The summed E-state index contributed by atoms with van der Waals surface area (Å²) < 4.78 is 9.53. The molecule has 1 N–H and O–H groups in total. The highest BCUT2D eigenvalue weighted by Crippen LogP contribution is 2.19. The maximum Gasteiger partial charge on any atom is 0.259 e. The number of aliphatic hydroxyl groups is 1. The summed E-state index contributed by atoms with van der Waals surface area (Å²) in [6.45, 7) is 1.62. The highest BCUT2D eigenvalue weighted by molar-refractivity contribution is 5.26. The Morgan fingerprint density at radius 1 is 1.70 bits per heavy atom. The maximum absolute atomic E-state index is 8.74. The van der Waals surface area contributed by atoms with Crippen molar-refractivity contribution < 1.29 is 14.4 Å². The predicted molar refractivity (Wildman–Crippen MR) is 33.7 cm³/mol. The molecule has 1 aromatic heterocycles. The third-order valence-corrected chi connectivity index (χ3v) is 1.30. The first-order valence-electron chi connectivity index (χ1n) is 2.89. The van der Waals surface area contributed by atoms with Crippen molar-refractivity contribution in [3.05, 3.63) is 11.3 Å². The highest BCUT2D eigenvalue weighted by Gasteiger charge is 2.10. The number of nitrogens with zero attached hydrogens (tertiary/aromatic N) is 1. The summed E-state index contributed by atoms with van der Waals surface area (Å²) in [4.78, 5) is 0. The van der Waals surface area contributed by atoms with Crippen LogP contribution in [0.25, 0.3) is 0 Å². The van der Waals surface area contributed by atoms with Gasteiger partial charge in [-0.3, -0.25) is 0 Å². The zero-order valence-electron chi connectivity index (χ0n) is 5.92. The van der Waals surface area contributed by atoms with Crippen molar-refractivity contribution in [2.45, 2.75) is 13.5 Å². The van der Waals surface area contributed by atoms with Crippen LogP contribution in [0.15, 0.2) is 4.52 Å². The second-order valence-corrected chi connectivity index (χ2v) is 1.88. The Hall–Kier alpha value is -1.03. The lowest BCUT2D eigenvalue weighted by Crippen LogP contribution is -1.89. The molecule has 0 saturated carbocycles. The van der Waals surface area contributed by atoms with Gasteiger partial charge in [0, 0.05) is 0 Å². The molecule has 0 aliphatic heterocycles. The number of hydrogen-bond donors (Lipinski definition) is 1. The van der Waals surface area contributed by atoms with Gasteiger partial charge >= 0.3 is 0 Å². The van der Waals surface area contributed by atoms with E-state index in [1.54, 1.807) is 6.92 Å². The molecule has 1 aromatic rings. The molecule has 0 unspecified atom stereocenters. The van der Waals surface area contributed by atoms with Gasteiger partial charge in [-0.15, -0.1) is 0 Å². The lowest BCUT2D eigenvalue weighted by Gasteiger charge is -1.93. The van der Waals surface area contributed by atoms with Gasteiger partial charge in [-0.05, 0) is 12.1 Å². The van der Waals surface area contributed by atoms with Gasteiger partial charge in [-0.1, -0.05) is 0 Å². The molecule has 0 fully saturated rings. The van der Waals surface area contributed by atoms with Gasteiger partial charge in [0.25, 0.3) is 5.88 Å². The summed E-state index contributed by atoms with van der Waals surface area (Å²) in [7, 11) is 1.48. The third-order valence-electron chi connectivity index (χ3n) is 1.30. The Kier molecular flexibility index (Phi) is 1.91. The molecule has 0 saturated heterocycles. The SMILES string of the molecule is COc1noc(C)c1CO. The van der Waals surface area contributed by atoms with E-state index in [4.69, 9.17) is 14.4 Å². The van der Waals surface area contributed by atoms with E-state index >= 15 is 0 Å². The molecule has 1 rings (SSSR count). The fraction of sp³-hybridized carbons (Fsp3) is 0.500. The van der Waals surface area contributed by atoms with Crippen LogP contribution < -0.4 is 4.74 Å². The number of rotatable bonds is 2. The monoisotopic (exact) mass is 143 g/mol. The van der Waals surface area contributed by atoms with Gasteiger partial charge in [0.15, 0.2) is 0 Å². The molecule has 1 heterocycles. The number of aromatic nitrogens is 1. The van der Waals surface area contributed by atoms with Gasteiger partial charge in [0.2, 0.25) is 0 Å². The second kappa shape index (κ2) is 2.70. The van der Waals surface area contributed by atoms with Crippen LogP contribution in [-0.2, 0) is 6.61 Å². The van der Waals surface area contributed by atoms with Crippen molar-refractivity contribution in [1.29, 1.82) is 0 Å². The zero-order chi connectivity index (χ0) is 7.56. The van der Waals surface area contributed by atoms with Crippen molar-refractivity contribution in [2.24, 2.45) is 0 Å². The van der Waals surface area contributed by atoms with Crippen molar-refractivity contribution in [3.8, 4) is 5.88 Å². The van der Waals surface area contributed by atoms with E-state index in [0.717, 1.165) is 0 Å². The average molecular weight is 143 g/mol. The summed E-state index contributed by atoms with van der Waals surface area (Å²) in [5, 5.41) is 12.3. The molecule has 0 aromatic carbocycles. The van der Waals surface area contributed by atoms with Crippen LogP contribution >= 0.6 is 0 Å². The van der Waals surface area contributed by atoms with Crippen LogP contribution in [0.1, 0.15) is 11.3 Å². The molecule has 10 heavy (non-hydrogen) atoms. The fourth-order valence-electron chi connectivity index (χ4n) is 0.710. The largest absolute Gasteiger partial charge is 0.479 e. The Morgan fingerprint density at radius 3 is 2.80 bits per heavy atom. The summed E-state index contributed by atoms with van der Waals surface area (Å²) in [5.41, 5.74) is 0.613. The van der Waals surface area contributed by atoms with Gasteiger partial charge in [-0.2, -0.15) is 0 Å². The molecule has 0 aliphatic rings. The number of ether oxygens (including phenoxy) is 1. The van der Waals surface area contributed by atoms with E-state index in [-0.39, 0.29) is 6.61 Å². The number of methoxy groups -OCH3 is 1. The minimum absolute atomic E-state index is 0.0987. The molecule has 0 spiro atoms. The summed E-state index contributed by atoms with van der Waals surface area (Å²) in [6, 6.07) is 0. The molecule has 0 atom stereocenters. The molecule has 0 radical (unpaired) electrons. The van der Waals surface area contributed by atoms with Crippen molar-refractivity contribution in [3.63, 3.8) is 0 Å². The van der Waals surface area contributed by atoms with E-state index in [2.05, 4.69) is 5.16 Å². The minimum Gasteiger partial charge on any atom is -0.479 e. The lowest BCUT2D eigenvalue weighted by atomic mass is 10.3. The predicted octanol–water partition coefficient (Wildman–Crippen LogP) is 0.484. The first-order chi connectivity index (χ1) is 4.79. The van der Waals surface area contributed by atoms with Gasteiger partial charge in [-0.25, -0.2) is 0 Å². The molecule has 4 heteroatoms. The van der Waals surface area contributed by atoms with E-state index in [9.17, 15) is 0 Å². The Bertz CT molecular complexity index is 219. The third kappa shape index (κ3) is 0.974. The maximum atomic E-state index is 8.74. The first-order valence-corrected chi connectivity index (χ1v) is 2.89. The average Bonchev–Trinajstić information content (AvgIpc) is 2.30. The van der Waals surface area contributed by atoms with Crippen molar-refractivity contribution >= 4 is 0 Å². The number of aliphatic hydroxyl groups excluding tert-OH is 1. The normalized spacial score (nSPS) is 9.90. The van der Waals surface area contributed by atoms with Gasteiger partial charge in [0.1, 0.15) is 5.76 Å². The molecule has 0 amide bonds. The zero-order valence-corrected chi connectivity index (χ0v) is 5.92. The van der Waals surface area contributed by atoms with E-state index in [1.165, 1.54) is 7.11 Å². The molecule has 4 nitrogen and oxygen atoms in total. The Labute approximate surface area is 58.4 Å². The van der Waals surface area contributed by atoms with E-state index in [0.29, 0.717) is 17.2 Å². The molecular formula is C6H9NO3. The summed E-state index contributed by atoms with van der Waals surface area (Å²) in [6.07, 6.45) is 0. The summed E-state index contributed by atoms with van der Waals surface area (Å²) >= 11 is 0. The van der Waals surface area contributed by atoms with Crippen LogP contribution in [0.5, 0.6) is 5.88 Å². The molecular weight excluding hydrogens is 134 g/mol. The fourth-order valence-corrected chi connectivity index (χ4v) is 0.710. The van der Waals surface area contributed by atoms with Gasteiger partial charge in [0.05, 0.1) is 19.3 Å². The smallest absolute Gasteiger partial charge is 0.259 e. The minimum atomic E-state index is -0.0987. The molecule has 0 aliphatic carbocycles. The Morgan fingerprint density at radius 2 is 2.40 bits per heavy atom. The summed E-state index contributed by atoms with van der Waals surface area (Å²) in [5.74, 6) is 0.958. The van der Waals surface area contributed by atoms with Crippen LogP contribution in [0.3, 0.4) is 0 Å². The van der Waals surface area contributed by atoms with Crippen LogP contribution in [-0.4, -0.2) is 17.4 Å². The molecule has 56 valence electrons. The Balaban J connectivity index is 3.01. The van der Waals surface area contributed by atoms with Crippen molar-refractivity contribution in [1.82, 2.24) is 5.16 Å². The molecule has 0 bridgehead atoms. The van der Waals surface area contributed by atoms with E-state index in [1.807, 2.05) is 0 Å². The number of hydrogen-bond acceptors (Lipinski definition) is 4. The first kappa shape index (κ1) is 7.08. The quantitative estimate of drug-likeness (QED) is 0.654. The van der Waals surface area contributed by atoms with Crippen LogP contribution in [0.2, 0.25) is 0 Å². The van der Waals surface area contributed by atoms with E-state index < -0.39 is 0 Å². The topological polar surface area (TPSA) is 55.5 Å². The second-order valence-electron chi connectivity index (χ2n) is 1.88. The lowest BCUT2D eigenvalue weighted by molar-refractivity contribution is 0.272. The van der Waals surface area contributed by atoms with Gasteiger partial charge < -0.3 is 14.4 Å². The van der Waals surface area contributed by atoms with Crippen molar-refractivity contribution in [2.75, 3.05) is 7.11 Å². The van der Waals surface area contributed by atoms with Crippen LogP contribution in [0.4, 0.5) is 0 Å². The number of aryl methyl sites for hydroxylation is 1. The van der Waals surface area contributed by atoms with Crippen LogP contribution in [0, 0.1) is 6.92 Å².